The molecule has 0 saturated carbocycles. The zero-order valence-corrected chi connectivity index (χ0v) is 12.9. The van der Waals surface area contributed by atoms with Gasteiger partial charge in [0.25, 0.3) is 0 Å². The van der Waals surface area contributed by atoms with Gasteiger partial charge in [-0.1, -0.05) is 41.4 Å². The van der Waals surface area contributed by atoms with E-state index in [-0.39, 0.29) is 0 Å². The van der Waals surface area contributed by atoms with Gasteiger partial charge in [-0.2, -0.15) is 0 Å². The molecule has 0 amide bonds. The number of rotatable bonds is 6. The summed E-state index contributed by atoms with van der Waals surface area (Å²) in [6.07, 6.45) is 4.21. The zero-order chi connectivity index (χ0) is 13.7. The van der Waals surface area contributed by atoms with E-state index in [0.29, 0.717) is 6.54 Å². The lowest BCUT2D eigenvalue weighted by atomic mass is 10.1. The summed E-state index contributed by atoms with van der Waals surface area (Å²) in [5.41, 5.74) is 5.73. The number of nitrogens with two attached hydrogens (primary N) is 1. The second-order valence-corrected chi connectivity index (χ2v) is 5.45. The van der Waals surface area contributed by atoms with Crippen molar-refractivity contribution in [1.82, 2.24) is 4.98 Å². The zero-order valence-electron chi connectivity index (χ0n) is 11.3. The molecule has 4 heteroatoms. The van der Waals surface area contributed by atoms with Gasteiger partial charge < -0.3 is 10.6 Å². The minimum atomic E-state index is 0.649. The molecule has 0 aliphatic rings. The maximum absolute atomic E-state index is 5.73. The lowest BCUT2D eigenvalue weighted by Crippen LogP contribution is -2.31. The van der Waals surface area contributed by atoms with Crippen molar-refractivity contribution < 1.29 is 0 Å². The van der Waals surface area contributed by atoms with Gasteiger partial charge in [-0.05, 0) is 18.6 Å². The standard InChI is InChI=1S/C15H20BrN3/c1-2-3-10-19(11-8-17)15-13-5-4-6-14(16)12(13)7-9-18-15/h4-7,9H,2-3,8,10-11,17H2,1H3. The molecule has 0 radical (unpaired) electrons. The Bertz CT molecular complexity index is 542. The Morgan fingerprint density at radius 3 is 2.79 bits per heavy atom. The first-order valence-corrected chi connectivity index (χ1v) is 7.55. The summed E-state index contributed by atoms with van der Waals surface area (Å²) in [6, 6.07) is 8.28. The Labute approximate surface area is 122 Å². The van der Waals surface area contributed by atoms with Crippen LogP contribution in [0.3, 0.4) is 0 Å². The molecule has 0 spiro atoms. The third-order valence-electron chi connectivity index (χ3n) is 3.21. The van der Waals surface area contributed by atoms with Gasteiger partial charge in [0.15, 0.2) is 0 Å². The normalized spacial score (nSPS) is 10.9. The Morgan fingerprint density at radius 1 is 1.21 bits per heavy atom. The highest BCUT2D eigenvalue weighted by atomic mass is 79.9. The van der Waals surface area contributed by atoms with Crippen LogP contribution in [0, 0.1) is 0 Å². The summed E-state index contributed by atoms with van der Waals surface area (Å²) < 4.78 is 1.11. The van der Waals surface area contributed by atoms with Crippen LogP contribution >= 0.6 is 15.9 Å². The van der Waals surface area contributed by atoms with Crippen LogP contribution in [0.4, 0.5) is 5.82 Å². The van der Waals surface area contributed by atoms with Crippen molar-refractivity contribution in [3.05, 3.63) is 34.9 Å². The highest BCUT2D eigenvalue weighted by molar-refractivity contribution is 9.10. The van der Waals surface area contributed by atoms with E-state index in [9.17, 15) is 0 Å². The second-order valence-electron chi connectivity index (χ2n) is 4.60. The van der Waals surface area contributed by atoms with Crippen LogP contribution in [0.1, 0.15) is 19.8 Å². The number of anilines is 1. The Hall–Kier alpha value is -1.13. The Balaban J connectivity index is 2.43. The number of hydrogen-bond acceptors (Lipinski definition) is 3. The molecule has 1 aromatic heterocycles. The van der Waals surface area contributed by atoms with Gasteiger partial charge in [-0.3, -0.25) is 0 Å². The molecule has 102 valence electrons. The lowest BCUT2D eigenvalue weighted by molar-refractivity contribution is 0.710. The van der Waals surface area contributed by atoms with Crippen LogP contribution in [0.25, 0.3) is 10.8 Å². The molecule has 1 aromatic carbocycles. The lowest BCUT2D eigenvalue weighted by Gasteiger charge is -2.24. The van der Waals surface area contributed by atoms with Crippen LogP contribution in [-0.4, -0.2) is 24.6 Å². The van der Waals surface area contributed by atoms with Crippen LogP contribution in [0.5, 0.6) is 0 Å². The summed E-state index contributed by atoms with van der Waals surface area (Å²) in [5, 5.41) is 2.38. The number of benzene rings is 1. The molecule has 19 heavy (non-hydrogen) atoms. The molecule has 0 unspecified atom stereocenters. The van der Waals surface area contributed by atoms with Crippen molar-refractivity contribution in [3.63, 3.8) is 0 Å². The molecule has 2 N–H and O–H groups in total. The van der Waals surface area contributed by atoms with E-state index >= 15 is 0 Å². The predicted octanol–water partition coefficient (Wildman–Crippen LogP) is 3.56. The number of nitrogens with zero attached hydrogens (tertiary/aromatic N) is 2. The Morgan fingerprint density at radius 2 is 2.05 bits per heavy atom. The van der Waals surface area contributed by atoms with E-state index in [4.69, 9.17) is 5.73 Å². The third kappa shape index (κ3) is 3.25. The first-order chi connectivity index (χ1) is 9.27. The van der Waals surface area contributed by atoms with Crippen molar-refractivity contribution in [2.45, 2.75) is 19.8 Å². The third-order valence-corrected chi connectivity index (χ3v) is 3.90. The quantitative estimate of drug-likeness (QED) is 0.884. The topological polar surface area (TPSA) is 42.1 Å². The molecular weight excluding hydrogens is 302 g/mol. The molecule has 0 fully saturated rings. The van der Waals surface area contributed by atoms with Crippen LogP contribution in [-0.2, 0) is 0 Å². The summed E-state index contributed by atoms with van der Waals surface area (Å²) in [5.74, 6) is 1.04. The summed E-state index contributed by atoms with van der Waals surface area (Å²) in [6.45, 7) is 4.70. The first kappa shape index (κ1) is 14.3. The van der Waals surface area contributed by atoms with Crippen LogP contribution in [0.2, 0.25) is 0 Å². The van der Waals surface area contributed by atoms with Crippen molar-refractivity contribution in [3.8, 4) is 0 Å². The summed E-state index contributed by atoms with van der Waals surface area (Å²) in [4.78, 5) is 6.86. The van der Waals surface area contributed by atoms with Gasteiger partial charge in [0.2, 0.25) is 0 Å². The second kappa shape index (κ2) is 6.87. The van der Waals surface area contributed by atoms with Gasteiger partial charge in [0, 0.05) is 41.1 Å². The molecule has 0 aliphatic heterocycles. The van der Waals surface area contributed by atoms with Crippen molar-refractivity contribution in [2.75, 3.05) is 24.5 Å². The molecule has 0 atom stereocenters. The van der Waals surface area contributed by atoms with Gasteiger partial charge in [-0.25, -0.2) is 4.98 Å². The molecule has 2 aromatic rings. The van der Waals surface area contributed by atoms with E-state index in [1.54, 1.807) is 0 Å². The maximum Gasteiger partial charge on any atom is 0.136 e. The number of halogens is 1. The maximum atomic E-state index is 5.73. The average molecular weight is 322 g/mol. The smallest absolute Gasteiger partial charge is 0.136 e. The molecule has 0 saturated heterocycles. The highest BCUT2D eigenvalue weighted by Crippen LogP contribution is 2.29. The van der Waals surface area contributed by atoms with Gasteiger partial charge in [-0.15, -0.1) is 0 Å². The predicted molar refractivity (Wildman–Crippen MR) is 85.6 cm³/mol. The van der Waals surface area contributed by atoms with E-state index in [1.807, 2.05) is 12.3 Å². The molecule has 0 aliphatic carbocycles. The summed E-state index contributed by atoms with van der Waals surface area (Å²) >= 11 is 3.60. The van der Waals surface area contributed by atoms with E-state index in [1.165, 1.54) is 17.2 Å². The van der Waals surface area contributed by atoms with Crippen molar-refractivity contribution >= 4 is 32.5 Å². The molecule has 0 bridgehead atoms. The minimum absolute atomic E-state index is 0.649. The van der Waals surface area contributed by atoms with Crippen LogP contribution < -0.4 is 10.6 Å². The highest BCUT2D eigenvalue weighted by Gasteiger charge is 2.11. The summed E-state index contributed by atoms with van der Waals surface area (Å²) in [7, 11) is 0. The molecular formula is C15H20BrN3. The van der Waals surface area contributed by atoms with Gasteiger partial charge in [0.05, 0.1) is 0 Å². The fraction of sp³-hybridized carbons (Fsp3) is 0.400. The van der Waals surface area contributed by atoms with Crippen molar-refractivity contribution in [2.24, 2.45) is 5.73 Å². The fourth-order valence-electron chi connectivity index (χ4n) is 2.23. The number of unbranched alkanes of at least 4 members (excludes halogenated alkanes) is 1. The Kier molecular flexibility index (Phi) is 5.16. The van der Waals surface area contributed by atoms with Gasteiger partial charge >= 0.3 is 0 Å². The first-order valence-electron chi connectivity index (χ1n) is 6.76. The SMILES string of the molecule is CCCCN(CCN)c1nccc2c(Br)cccc12. The number of fused-ring (bicyclic) bond motifs is 1. The van der Waals surface area contributed by atoms with Gasteiger partial charge in [0.1, 0.15) is 5.82 Å². The number of hydrogen-bond donors (Lipinski definition) is 1. The largest absolute Gasteiger partial charge is 0.355 e. The van der Waals surface area contributed by atoms with E-state index in [0.717, 1.165) is 29.8 Å². The monoisotopic (exact) mass is 321 g/mol. The molecule has 3 nitrogen and oxygen atoms in total. The fourth-order valence-corrected chi connectivity index (χ4v) is 2.73. The number of aromatic nitrogens is 1. The molecule has 1 heterocycles. The van der Waals surface area contributed by atoms with E-state index in [2.05, 4.69) is 50.9 Å². The molecule has 2 rings (SSSR count). The average Bonchev–Trinajstić information content (AvgIpc) is 2.43. The minimum Gasteiger partial charge on any atom is -0.355 e. The number of pyridine rings is 1. The van der Waals surface area contributed by atoms with Crippen molar-refractivity contribution in [1.29, 1.82) is 0 Å². The van der Waals surface area contributed by atoms with E-state index < -0.39 is 0 Å². The van der Waals surface area contributed by atoms with Crippen LogP contribution in [0.15, 0.2) is 34.9 Å².